The Balaban J connectivity index is 1.11. The smallest absolute Gasteiger partial charge is 0.317 e. The number of pyridine rings is 1. The van der Waals surface area contributed by atoms with Crippen LogP contribution < -0.4 is 5.32 Å². The highest BCUT2D eigenvalue weighted by Gasteiger charge is 2.50. The molecule has 4 heteroatoms. The lowest BCUT2D eigenvalue weighted by Gasteiger charge is -2.57. The lowest BCUT2D eigenvalue weighted by molar-refractivity contribution is -0.0597. The third-order valence-electron chi connectivity index (χ3n) is 8.21. The molecule has 0 spiro atoms. The summed E-state index contributed by atoms with van der Waals surface area (Å²) in [6.45, 7) is 2.71. The predicted molar refractivity (Wildman–Crippen MR) is 115 cm³/mol. The summed E-state index contributed by atoms with van der Waals surface area (Å²) in [5, 5.41) is 3.22. The van der Waals surface area contributed by atoms with Gasteiger partial charge >= 0.3 is 6.03 Å². The van der Waals surface area contributed by atoms with Crippen molar-refractivity contribution < 1.29 is 4.79 Å². The summed E-state index contributed by atoms with van der Waals surface area (Å²) >= 11 is 0. The van der Waals surface area contributed by atoms with Crippen molar-refractivity contribution in [3.8, 4) is 0 Å². The minimum Gasteiger partial charge on any atom is -0.338 e. The Morgan fingerprint density at radius 1 is 1.07 bits per heavy atom. The first-order chi connectivity index (χ1) is 14.2. The largest absolute Gasteiger partial charge is 0.338 e. The van der Waals surface area contributed by atoms with Crippen LogP contribution in [0.1, 0.15) is 69.8 Å². The molecule has 1 aromatic heterocycles. The van der Waals surface area contributed by atoms with Gasteiger partial charge in [-0.25, -0.2) is 4.79 Å². The van der Waals surface area contributed by atoms with Crippen LogP contribution in [0.25, 0.3) is 0 Å². The number of carbonyl (C=O) groups excluding carboxylic acids is 1. The normalized spacial score (nSPS) is 32.3. The Bertz CT molecular complexity index is 664. The zero-order valence-electron chi connectivity index (χ0n) is 17.8. The van der Waals surface area contributed by atoms with Crippen molar-refractivity contribution in [1.29, 1.82) is 0 Å². The Labute approximate surface area is 175 Å². The van der Waals surface area contributed by atoms with E-state index >= 15 is 0 Å². The predicted octanol–water partition coefficient (Wildman–Crippen LogP) is 5.04. The first-order valence-electron chi connectivity index (χ1n) is 12.1. The van der Waals surface area contributed by atoms with Crippen LogP contribution in [0.15, 0.2) is 24.5 Å². The molecule has 0 aliphatic heterocycles. The van der Waals surface area contributed by atoms with Gasteiger partial charge < -0.3 is 10.2 Å². The summed E-state index contributed by atoms with van der Waals surface area (Å²) < 4.78 is 0. The second-order valence-corrected chi connectivity index (χ2v) is 10.7. The molecule has 0 unspecified atom stereocenters. The van der Waals surface area contributed by atoms with E-state index in [0.29, 0.717) is 5.41 Å². The fourth-order valence-corrected chi connectivity index (χ4v) is 7.01. The maximum absolute atomic E-state index is 12.9. The van der Waals surface area contributed by atoms with Crippen LogP contribution >= 0.6 is 0 Å². The van der Waals surface area contributed by atoms with Gasteiger partial charge in [0, 0.05) is 32.0 Å². The topological polar surface area (TPSA) is 45.2 Å². The van der Waals surface area contributed by atoms with Gasteiger partial charge in [0.15, 0.2) is 0 Å². The molecule has 0 saturated heterocycles. The van der Waals surface area contributed by atoms with Crippen molar-refractivity contribution >= 4 is 6.03 Å². The summed E-state index contributed by atoms with van der Waals surface area (Å²) in [5.74, 6) is 3.76. The van der Waals surface area contributed by atoms with Crippen molar-refractivity contribution in [3.63, 3.8) is 0 Å². The molecule has 2 amide bonds. The zero-order chi connectivity index (χ0) is 19.7. The number of nitrogens with zero attached hydrogens (tertiary/aromatic N) is 2. The van der Waals surface area contributed by atoms with E-state index in [9.17, 15) is 4.79 Å². The fraction of sp³-hybridized carbons (Fsp3) is 0.760. The minimum atomic E-state index is 0.177. The molecule has 1 N–H and O–H groups in total. The number of urea groups is 1. The van der Waals surface area contributed by atoms with E-state index < -0.39 is 0 Å². The molecule has 5 fully saturated rings. The van der Waals surface area contributed by atoms with Gasteiger partial charge in [0.05, 0.1) is 0 Å². The second-order valence-electron chi connectivity index (χ2n) is 10.7. The van der Waals surface area contributed by atoms with Crippen LogP contribution in [0.2, 0.25) is 0 Å². The van der Waals surface area contributed by atoms with Gasteiger partial charge in [-0.1, -0.05) is 0 Å². The fourth-order valence-electron chi connectivity index (χ4n) is 7.01. The molecule has 0 radical (unpaired) electrons. The number of hydrogen-bond donors (Lipinski definition) is 1. The lowest BCUT2D eigenvalue weighted by Crippen LogP contribution is -2.49. The molecule has 1 aromatic rings. The van der Waals surface area contributed by atoms with Gasteiger partial charge in [0.25, 0.3) is 0 Å². The Kier molecular flexibility index (Phi) is 5.53. The van der Waals surface area contributed by atoms with Gasteiger partial charge in [0.1, 0.15) is 0 Å². The molecule has 1 heterocycles. The number of amides is 2. The number of rotatable bonds is 9. The third kappa shape index (κ3) is 4.78. The number of aryl methyl sites for hydroxylation is 1. The first kappa shape index (κ1) is 19.4. The highest BCUT2D eigenvalue weighted by molar-refractivity contribution is 5.74. The number of carbonyl (C=O) groups is 1. The monoisotopic (exact) mass is 395 g/mol. The molecule has 29 heavy (non-hydrogen) atoms. The quantitative estimate of drug-likeness (QED) is 0.595. The van der Waals surface area contributed by atoms with E-state index in [1.54, 1.807) is 0 Å². The standard InChI is InChI=1S/C25H37N3O/c29-24(27-8-1-2-19-5-9-26-10-6-19)28(18-20-3-4-20)11-7-25-15-21-12-22(16-25)14-23(13-21)17-25/h5-6,9-10,20-23H,1-4,7-8,11-18H2,(H,27,29). The second kappa shape index (κ2) is 8.28. The van der Waals surface area contributed by atoms with Crippen molar-refractivity contribution in [1.82, 2.24) is 15.2 Å². The maximum atomic E-state index is 12.9. The molecule has 4 bridgehead atoms. The van der Waals surface area contributed by atoms with Gasteiger partial charge in [-0.3, -0.25) is 4.98 Å². The molecule has 5 aliphatic rings. The van der Waals surface area contributed by atoms with Crippen molar-refractivity contribution in [2.45, 2.75) is 70.6 Å². The van der Waals surface area contributed by atoms with Crippen LogP contribution in [0.4, 0.5) is 4.79 Å². The van der Waals surface area contributed by atoms with Crippen LogP contribution in [-0.2, 0) is 6.42 Å². The Morgan fingerprint density at radius 2 is 1.72 bits per heavy atom. The highest BCUT2D eigenvalue weighted by atomic mass is 16.2. The van der Waals surface area contributed by atoms with Crippen LogP contribution in [0.5, 0.6) is 0 Å². The average Bonchev–Trinajstić information content (AvgIpc) is 3.52. The molecule has 0 atom stereocenters. The van der Waals surface area contributed by atoms with E-state index in [1.165, 1.54) is 63.4 Å². The number of aromatic nitrogens is 1. The molecule has 158 valence electrons. The molecule has 5 saturated carbocycles. The van der Waals surface area contributed by atoms with E-state index in [-0.39, 0.29) is 6.03 Å². The van der Waals surface area contributed by atoms with Gasteiger partial charge in [-0.2, -0.15) is 0 Å². The molecule has 6 rings (SSSR count). The van der Waals surface area contributed by atoms with E-state index in [2.05, 4.69) is 27.3 Å². The SMILES string of the molecule is O=C(NCCCc1ccncc1)N(CCC12CC3CC(CC(C3)C1)C2)CC1CC1. The van der Waals surface area contributed by atoms with Crippen molar-refractivity contribution in [3.05, 3.63) is 30.1 Å². The summed E-state index contributed by atoms with van der Waals surface area (Å²) in [6.07, 6.45) is 18.4. The van der Waals surface area contributed by atoms with Crippen LogP contribution in [0, 0.1) is 29.1 Å². The van der Waals surface area contributed by atoms with Crippen LogP contribution in [0.3, 0.4) is 0 Å². The molecular weight excluding hydrogens is 358 g/mol. The maximum Gasteiger partial charge on any atom is 0.317 e. The highest BCUT2D eigenvalue weighted by Crippen LogP contribution is 2.61. The van der Waals surface area contributed by atoms with Crippen molar-refractivity contribution in [2.24, 2.45) is 29.1 Å². The summed E-state index contributed by atoms with van der Waals surface area (Å²) in [4.78, 5) is 19.2. The lowest BCUT2D eigenvalue weighted by atomic mass is 9.49. The zero-order valence-corrected chi connectivity index (χ0v) is 17.8. The minimum absolute atomic E-state index is 0.177. The van der Waals surface area contributed by atoms with E-state index in [0.717, 1.165) is 56.1 Å². The molecule has 0 aromatic carbocycles. The molecule has 5 aliphatic carbocycles. The summed E-state index contributed by atoms with van der Waals surface area (Å²) in [5.41, 5.74) is 1.86. The van der Waals surface area contributed by atoms with E-state index in [1.807, 2.05) is 12.4 Å². The number of nitrogens with one attached hydrogen (secondary N) is 1. The summed E-state index contributed by atoms with van der Waals surface area (Å²) in [6, 6.07) is 4.30. The molecular formula is C25H37N3O. The third-order valence-corrected chi connectivity index (χ3v) is 8.21. The van der Waals surface area contributed by atoms with E-state index in [4.69, 9.17) is 0 Å². The van der Waals surface area contributed by atoms with Gasteiger partial charge in [-0.05, 0) is 117 Å². The Morgan fingerprint density at radius 3 is 2.34 bits per heavy atom. The van der Waals surface area contributed by atoms with Crippen LogP contribution in [-0.4, -0.2) is 35.5 Å². The average molecular weight is 396 g/mol. The summed E-state index contributed by atoms with van der Waals surface area (Å²) in [7, 11) is 0. The molecule has 4 nitrogen and oxygen atoms in total. The first-order valence-corrected chi connectivity index (χ1v) is 12.1. The van der Waals surface area contributed by atoms with Gasteiger partial charge in [0.2, 0.25) is 0 Å². The van der Waals surface area contributed by atoms with Gasteiger partial charge in [-0.15, -0.1) is 0 Å². The Hall–Kier alpha value is -1.58. The van der Waals surface area contributed by atoms with Crippen molar-refractivity contribution in [2.75, 3.05) is 19.6 Å². The number of hydrogen-bond acceptors (Lipinski definition) is 2.